The van der Waals surface area contributed by atoms with E-state index < -0.39 is 17.8 Å². The van der Waals surface area contributed by atoms with Crippen molar-refractivity contribution in [3.05, 3.63) is 29.8 Å². The van der Waals surface area contributed by atoms with Crippen molar-refractivity contribution in [3.8, 4) is 5.75 Å². The number of ether oxygens (including phenoxy) is 1. The molecule has 0 aliphatic heterocycles. The van der Waals surface area contributed by atoms with Crippen LogP contribution in [0.2, 0.25) is 0 Å². The number of hydrogen-bond donors (Lipinski definition) is 1. The number of hydrogen-bond acceptors (Lipinski definition) is 2. The molecule has 1 atom stereocenters. The monoisotopic (exact) mass is 262 g/mol. The van der Waals surface area contributed by atoms with Gasteiger partial charge < -0.3 is 9.84 Å². The van der Waals surface area contributed by atoms with Crippen LogP contribution in [-0.2, 0) is 6.18 Å². The predicted molar refractivity (Wildman–Crippen MR) is 62.4 cm³/mol. The van der Waals surface area contributed by atoms with Crippen LogP contribution in [0.5, 0.6) is 5.75 Å². The molecule has 5 heteroatoms. The lowest BCUT2D eigenvalue weighted by Crippen LogP contribution is -2.20. The minimum atomic E-state index is -4.44. The minimum Gasteiger partial charge on any atom is -0.490 e. The molecule has 1 N–H and O–H groups in total. The second-order valence-corrected chi connectivity index (χ2v) is 4.59. The first kappa shape index (κ1) is 14.8. The minimum absolute atomic E-state index is 0.134. The summed E-state index contributed by atoms with van der Waals surface area (Å²) in [6, 6.07) is 4.99. The highest BCUT2D eigenvalue weighted by Gasteiger charge is 2.34. The second kappa shape index (κ2) is 6.09. The van der Waals surface area contributed by atoms with Crippen LogP contribution >= 0.6 is 0 Å². The summed E-state index contributed by atoms with van der Waals surface area (Å²) in [6.07, 6.45) is -4.71. The van der Waals surface area contributed by atoms with E-state index in [1.165, 1.54) is 18.2 Å². The third-order valence-corrected chi connectivity index (χ3v) is 2.37. The molecule has 0 heterocycles. The highest BCUT2D eigenvalue weighted by molar-refractivity contribution is 5.35. The van der Waals surface area contributed by atoms with Gasteiger partial charge in [-0.2, -0.15) is 13.2 Å². The lowest BCUT2D eigenvalue weighted by atomic mass is 10.1. The first-order valence-electron chi connectivity index (χ1n) is 5.77. The average Bonchev–Trinajstić information content (AvgIpc) is 2.24. The molecule has 0 radical (unpaired) electrons. The number of rotatable bonds is 5. The Balaban J connectivity index is 2.68. The summed E-state index contributed by atoms with van der Waals surface area (Å²) in [5, 5.41) is 9.57. The van der Waals surface area contributed by atoms with E-state index >= 15 is 0 Å². The molecule has 0 spiro atoms. The SMILES string of the molecule is CC(C)CC(O)COc1ccccc1C(F)(F)F. The van der Waals surface area contributed by atoms with E-state index in [0.717, 1.165) is 6.07 Å². The number of halogens is 3. The van der Waals surface area contributed by atoms with Gasteiger partial charge >= 0.3 is 6.18 Å². The Morgan fingerprint density at radius 1 is 1.22 bits per heavy atom. The third-order valence-electron chi connectivity index (χ3n) is 2.37. The molecule has 1 aromatic carbocycles. The molecule has 18 heavy (non-hydrogen) atoms. The van der Waals surface area contributed by atoms with Crippen molar-refractivity contribution in [1.82, 2.24) is 0 Å². The average molecular weight is 262 g/mol. The topological polar surface area (TPSA) is 29.5 Å². The quantitative estimate of drug-likeness (QED) is 0.880. The van der Waals surface area contributed by atoms with Crippen LogP contribution in [-0.4, -0.2) is 17.8 Å². The van der Waals surface area contributed by atoms with E-state index in [4.69, 9.17) is 4.74 Å². The molecular weight excluding hydrogens is 245 g/mol. The molecule has 0 amide bonds. The fraction of sp³-hybridized carbons (Fsp3) is 0.538. The van der Waals surface area contributed by atoms with E-state index in [-0.39, 0.29) is 18.3 Å². The summed E-state index contributed by atoms with van der Waals surface area (Å²) in [6.45, 7) is 3.71. The molecule has 0 saturated carbocycles. The molecule has 0 aliphatic carbocycles. The van der Waals surface area contributed by atoms with Crippen molar-refractivity contribution >= 4 is 0 Å². The summed E-state index contributed by atoms with van der Waals surface area (Å²) >= 11 is 0. The molecule has 0 aromatic heterocycles. The van der Waals surface area contributed by atoms with E-state index in [2.05, 4.69) is 0 Å². The lowest BCUT2D eigenvalue weighted by molar-refractivity contribution is -0.139. The predicted octanol–water partition coefficient (Wildman–Crippen LogP) is 3.49. The number of aliphatic hydroxyl groups excluding tert-OH is 1. The van der Waals surface area contributed by atoms with Crippen LogP contribution in [0.15, 0.2) is 24.3 Å². The van der Waals surface area contributed by atoms with Gasteiger partial charge in [0.1, 0.15) is 12.4 Å². The van der Waals surface area contributed by atoms with E-state index in [1.807, 2.05) is 13.8 Å². The van der Waals surface area contributed by atoms with Gasteiger partial charge in [-0.3, -0.25) is 0 Å². The fourth-order valence-corrected chi connectivity index (χ4v) is 1.62. The first-order chi connectivity index (χ1) is 8.30. The largest absolute Gasteiger partial charge is 0.490 e. The number of aliphatic hydroxyl groups is 1. The smallest absolute Gasteiger partial charge is 0.419 e. The van der Waals surface area contributed by atoms with Crippen molar-refractivity contribution in [2.45, 2.75) is 32.5 Å². The summed E-state index contributed by atoms with van der Waals surface area (Å²) < 4.78 is 43.0. The number of para-hydroxylation sites is 1. The Bertz CT molecular complexity index is 375. The third kappa shape index (κ3) is 4.56. The second-order valence-electron chi connectivity index (χ2n) is 4.59. The van der Waals surface area contributed by atoms with E-state index in [0.29, 0.717) is 6.42 Å². The van der Waals surface area contributed by atoms with Gasteiger partial charge in [0.25, 0.3) is 0 Å². The van der Waals surface area contributed by atoms with Gasteiger partial charge in [-0.1, -0.05) is 26.0 Å². The van der Waals surface area contributed by atoms with Crippen molar-refractivity contribution < 1.29 is 23.0 Å². The molecule has 102 valence electrons. The number of alkyl halides is 3. The summed E-state index contributed by atoms with van der Waals surface area (Å²) in [4.78, 5) is 0. The van der Waals surface area contributed by atoms with Crippen LogP contribution in [0.1, 0.15) is 25.8 Å². The van der Waals surface area contributed by atoms with Gasteiger partial charge in [-0.05, 0) is 24.5 Å². The maximum absolute atomic E-state index is 12.6. The fourth-order valence-electron chi connectivity index (χ4n) is 1.62. The van der Waals surface area contributed by atoms with Gasteiger partial charge in [0.2, 0.25) is 0 Å². The molecular formula is C13H17F3O2. The molecule has 0 fully saturated rings. The van der Waals surface area contributed by atoms with Gasteiger partial charge in [-0.25, -0.2) is 0 Å². The van der Waals surface area contributed by atoms with E-state index in [1.54, 1.807) is 0 Å². The van der Waals surface area contributed by atoms with Gasteiger partial charge in [0.05, 0.1) is 11.7 Å². The Hall–Kier alpha value is -1.23. The normalized spacial score (nSPS) is 13.7. The Morgan fingerprint density at radius 2 is 1.83 bits per heavy atom. The zero-order valence-corrected chi connectivity index (χ0v) is 10.4. The zero-order valence-electron chi connectivity index (χ0n) is 10.4. The summed E-state index contributed by atoms with van der Waals surface area (Å²) in [7, 11) is 0. The molecule has 1 unspecified atom stereocenters. The Morgan fingerprint density at radius 3 is 2.39 bits per heavy atom. The van der Waals surface area contributed by atoms with Crippen molar-refractivity contribution in [3.63, 3.8) is 0 Å². The maximum Gasteiger partial charge on any atom is 0.419 e. The van der Waals surface area contributed by atoms with Crippen LogP contribution < -0.4 is 4.74 Å². The number of benzene rings is 1. The maximum atomic E-state index is 12.6. The molecule has 1 aromatic rings. The van der Waals surface area contributed by atoms with Crippen LogP contribution in [0.3, 0.4) is 0 Å². The Kier molecular flexibility index (Phi) is 5.02. The van der Waals surface area contributed by atoms with Gasteiger partial charge in [0.15, 0.2) is 0 Å². The highest BCUT2D eigenvalue weighted by atomic mass is 19.4. The van der Waals surface area contributed by atoms with Gasteiger partial charge in [0, 0.05) is 0 Å². The molecule has 2 nitrogen and oxygen atoms in total. The van der Waals surface area contributed by atoms with Gasteiger partial charge in [-0.15, -0.1) is 0 Å². The van der Waals surface area contributed by atoms with Crippen LogP contribution in [0.25, 0.3) is 0 Å². The van der Waals surface area contributed by atoms with E-state index in [9.17, 15) is 18.3 Å². The Labute approximate surface area is 104 Å². The lowest BCUT2D eigenvalue weighted by Gasteiger charge is -2.17. The molecule has 0 aliphatic rings. The standard InChI is InChI=1S/C13H17F3O2/c1-9(2)7-10(17)8-18-12-6-4-3-5-11(12)13(14,15)16/h3-6,9-10,17H,7-8H2,1-2H3. The van der Waals surface area contributed by atoms with Crippen molar-refractivity contribution in [1.29, 1.82) is 0 Å². The zero-order chi connectivity index (χ0) is 13.8. The molecule has 0 saturated heterocycles. The van der Waals surface area contributed by atoms with Crippen LogP contribution in [0, 0.1) is 5.92 Å². The highest BCUT2D eigenvalue weighted by Crippen LogP contribution is 2.35. The molecule has 0 bridgehead atoms. The van der Waals surface area contributed by atoms with Crippen molar-refractivity contribution in [2.24, 2.45) is 5.92 Å². The van der Waals surface area contributed by atoms with Crippen LogP contribution in [0.4, 0.5) is 13.2 Å². The summed E-state index contributed by atoms with van der Waals surface area (Å²) in [5.41, 5.74) is -0.818. The summed E-state index contributed by atoms with van der Waals surface area (Å²) in [5.74, 6) is 0.0225. The first-order valence-corrected chi connectivity index (χ1v) is 5.77. The van der Waals surface area contributed by atoms with Crippen molar-refractivity contribution in [2.75, 3.05) is 6.61 Å². The molecule has 1 rings (SSSR count).